The molecule has 102 valence electrons. The molecule has 0 aliphatic heterocycles. The lowest BCUT2D eigenvalue weighted by Crippen LogP contribution is -2.35. The molecule has 0 bridgehead atoms. The molecule has 0 aromatic carbocycles. The second-order valence-corrected chi connectivity index (χ2v) is 4.57. The summed E-state index contributed by atoms with van der Waals surface area (Å²) in [4.78, 5) is 11.9. The molecule has 1 aromatic heterocycles. The summed E-state index contributed by atoms with van der Waals surface area (Å²) < 4.78 is 0. The van der Waals surface area contributed by atoms with E-state index in [0.29, 0.717) is 11.5 Å². The highest BCUT2D eigenvalue weighted by molar-refractivity contribution is 6.01. The van der Waals surface area contributed by atoms with Crippen molar-refractivity contribution < 1.29 is 0 Å². The third-order valence-electron chi connectivity index (χ3n) is 2.35. The molecule has 19 heavy (non-hydrogen) atoms. The van der Waals surface area contributed by atoms with E-state index in [-0.39, 0.29) is 11.9 Å². The van der Waals surface area contributed by atoms with Crippen LogP contribution in [0, 0.1) is 10.8 Å². The van der Waals surface area contributed by atoms with Gasteiger partial charge in [-0.05, 0) is 26.0 Å². The monoisotopic (exact) mass is 260 g/mol. The molecule has 0 aliphatic rings. The summed E-state index contributed by atoms with van der Waals surface area (Å²) in [6.07, 6.45) is 2.80. The van der Waals surface area contributed by atoms with Crippen LogP contribution in [0.25, 0.3) is 0 Å². The first kappa shape index (κ1) is 14.8. The molecule has 0 fully saturated rings. The second-order valence-electron chi connectivity index (χ2n) is 4.57. The molecule has 0 atom stereocenters. The second kappa shape index (κ2) is 6.63. The van der Waals surface area contributed by atoms with Gasteiger partial charge in [-0.15, -0.1) is 0 Å². The van der Waals surface area contributed by atoms with Crippen molar-refractivity contribution in [1.29, 1.82) is 10.8 Å². The molecule has 0 amide bonds. The smallest absolute Gasteiger partial charge is 0.154 e. The number of hydrogen-bond donors (Lipinski definition) is 2. The minimum Gasteiger partial charge on any atom is -0.369 e. The average molecular weight is 260 g/mol. The van der Waals surface area contributed by atoms with Crippen molar-refractivity contribution in [3.05, 3.63) is 23.9 Å². The molecule has 0 radical (unpaired) electrons. The van der Waals surface area contributed by atoms with E-state index in [1.165, 1.54) is 0 Å². The highest BCUT2D eigenvalue weighted by Gasteiger charge is 2.14. The number of amidine groups is 1. The number of pyridine rings is 1. The quantitative estimate of drug-likeness (QED) is 0.627. The zero-order valence-electron chi connectivity index (χ0n) is 11.8. The summed E-state index contributed by atoms with van der Waals surface area (Å²) in [5.74, 6) is 0.747. The van der Waals surface area contributed by atoms with Gasteiger partial charge in [0.15, 0.2) is 11.7 Å². The van der Waals surface area contributed by atoms with Crippen LogP contribution in [0.1, 0.15) is 19.5 Å². The molecule has 6 heteroatoms. The minimum atomic E-state index is 0.0423. The summed E-state index contributed by atoms with van der Waals surface area (Å²) >= 11 is 0. The fourth-order valence-corrected chi connectivity index (χ4v) is 1.41. The normalized spacial score (nSPS) is 10.8. The van der Waals surface area contributed by atoms with Crippen molar-refractivity contribution in [1.82, 2.24) is 14.8 Å². The average Bonchev–Trinajstić information content (AvgIpc) is 2.37. The van der Waals surface area contributed by atoms with Gasteiger partial charge in [-0.25, -0.2) is 9.98 Å². The van der Waals surface area contributed by atoms with Crippen molar-refractivity contribution in [3.8, 4) is 0 Å². The lowest BCUT2D eigenvalue weighted by Gasteiger charge is -2.23. The van der Waals surface area contributed by atoms with Gasteiger partial charge in [-0.2, -0.15) is 0 Å². The fraction of sp³-hybridized carbons (Fsp3) is 0.385. The Kier molecular flexibility index (Phi) is 5.17. The summed E-state index contributed by atoms with van der Waals surface area (Å²) in [6.45, 7) is 3.85. The third kappa shape index (κ3) is 4.17. The zero-order chi connectivity index (χ0) is 14.4. The number of rotatable bonds is 5. The number of nitrogens with one attached hydrogen (secondary N) is 2. The molecule has 2 N–H and O–H groups in total. The molecular weight excluding hydrogens is 240 g/mol. The van der Waals surface area contributed by atoms with Crippen molar-refractivity contribution in [3.63, 3.8) is 0 Å². The van der Waals surface area contributed by atoms with E-state index < -0.39 is 0 Å². The fourth-order valence-electron chi connectivity index (χ4n) is 1.41. The first-order valence-electron chi connectivity index (χ1n) is 6.01. The Hall–Kier alpha value is -2.24. The van der Waals surface area contributed by atoms with Crippen LogP contribution < -0.4 is 0 Å². The molecule has 0 spiro atoms. The van der Waals surface area contributed by atoms with Crippen molar-refractivity contribution in [2.24, 2.45) is 4.99 Å². The Bertz CT molecular complexity index is 478. The van der Waals surface area contributed by atoms with E-state index in [9.17, 15) is 0 Å². The number of aromatic nitrogens is 1. The summed E-state index contributed by atoms with van der Waals surface area (Å²) in [5.41, 5.74) is 0.505. The van der Waals surface area contributed by atoms with Crippen LogP contribution in [-0.4, -0.2) is 53.4 Å². The summed E-state index contributed by atoms with van der Waals surface area (Å²) in [7, 11) is 3.76. The van der Waals surface area contributed by atoms with Gasteiger partial charge in [0.05, 0.1) is 12.7 Å². The first-order valence-corrected chi connectivity index (χ1v) is 6.01. The zero-order valence-corrected chi connectivity index (χ0v) is 11.8. The van der Waals surface area contributed by atoms with Crippen LogP contribution in [0.4, 0.5) is 5.82 Å². The van der Waals surface area contributed by atoms with Crippen LogP contribution in [0.3, 0.4) is 0 Å². The van der Waals surface area contributed by atoms with Gasteiger partial charge < -0.3 is 9.80 Å². The van der Waals surface area contributed by atoms with Crippen molar-refractivity contribution >= 4 is 24.3 Å². The topological polar surface area (TPSA) is 79.4 Å². The number of aliphatic imine (C=N–C) groups is 1. The van der Waals surface area contributed by atoms with E-state index in [1.54, 1.807) is 23.4 Å². The van der Waals surface area contributed by atoms with Crippen LogP contribution in [-0.2, 0) is 0 Å². The van der Waals surface area contributed by atoms with Crippen LogP contribution in [0.5, 0.6) is 0 Å². The highest BCUT2D eigenvalue weighted by atomic mass is 15.2. The SMILES string of the molecule is CC(C)N(C=N)C(=N)c1cccc(N=CN(C)C)n1. The van der Waals surface area contributed by atoms with Gasteiger partial charge in [0.25, 0.3) is 0 Å². The molecule has 1 rings (SSSR count). The van der Waals surface area contributed by atoms with Gasteiger partial charge in [-0.3, -0.25) is 10.8 Å². The maximum absolute atomic E-state index is 8.08. The van der Waals surface area contributed by atoms with E-state index in [4.69, 9.17) is 10.8 Å². The van der Waals surface area contributed by atoms with Crippen molar-refractivity contribution in [2.75, 3.05) is 14.1 Å². The van der Waals surface area contributed by atoms with Gasteiger partial charge in [0.2, 0.25) is 0 Å². The molecule has 0 saturated carbocycles. The Morgan fingerprint density at radius 3 is 2.58 bits per heavy atom. The molecule has 6 nitrogen and oxygen atoms in total. The Labute approximate surface area is 113 Å². The van der Waals surface area contributed by atoms with Gasteiger partial charge in [0.1, 0.15) is 5.69 Å². The molecule has 0 saturated heterocycles. The van der Waals surface area contributed by atoms with Crippen LogP contribution in [0.15, 0.2) is 23.2 Å². The summed E-state index contributed by atoms with van der Waals surface area (Å²) in [6, 6.07) is 5.37. The van der Waals surface area contributed by atoms with Gasteiger partial charge in [0, 0.05) is 20.1 Å². The molecule has 0 aliphatic carbocycles. The standard InChI is InChI=1S/C13H20N6/c1-10(2)19(8-14)13(15)11-6-5-7-12(17-11)16-9-18(3)4/h5-10,14-15H,1-4H3. The number of nitrogens with zero attached hydrogens (tertiary/aromatic N) is 4. The third-order valence-corrected chi connectivity index (χ3v) is 2.35. The molecule has 1 aromatic rings. The lowest BCUT2D eigenvalue weighted by molar-refractivity contribution is 0.507. The maximum Gasteiger partial charge on any atom is 0.154 e. The summed E-state index contributed by atoms with van der Waals surface area (Å²) in [5, 5.41) is 15.4. The predicted molar refractivity (Wildman–Crippen MR) is 78.7 cm³/mol. The molecule has 1 heterocycles. The van der Waals surface area contributed by atoms with Gasteiger partial charge >= 0.3 is 0 Å². The predicted octanol–water partition coefficient (Wildman–Crippen LogP) is 1.95. The molecule has 0 unspecified atom stereocenters. The van der Waals surface area contributed by atoms with E-state index in [1.807, 2.05) is 38.9 Å². The van der Waals surface area contributed by atoms with Gasteiger partial charge in [-0.1, -0.05) is 6.07 Å². The first-order chi connectivity index (χ1) is 8.95. The van der Waals surface area contributed by atoms with E-state index in [2.05, 4.69) is 9.98 Å². The Balaban J connectivity index is 2.98. The maximum atomic E-state index is 8.08. The van der Waals surface area contributed by atoms with E-state index >= 15 is 0 Å². The number of hydrogen-bond acceptors (Lipinski definition) is 4. The Morgan fingerprint density at radius 2 is 2.05 bits per heavy atom. The highest BCUT2D eigenvalue weighted by Crippen LogP contribution is 2.11. The van der Waals surface area contributed by atoms with Crippen LogP contribution in [0.2, 0.25) is 0 Å². The largest absolute Gasteiger partial charge is 0.369 e. The van der Waals surface area contributed by atoms with Crippen molar-refractivity contribution in [2.45, 2.75) is 19.9 Å². The lowest BCUT2D eigenvalue weighted by atomic mass is 10.2. The van der Waals surface area contributed by atoms with Crippen LogP contribution >= 0.6 is 0 Å². The minimum absolute atomic E-state index is 0.0423. The van der Waals surface area contributed by atoms with E-state index in [0.717, 1.165) is 6.34 Å². The Morgan fingerprint density at radius 1 is 1.37 bits per heavy atom. The molecular formula is C13H20N6.